The van der Waals surface area contributed by atoms with Gasteiger partial charge >= 0.3 is 5.97 Å². The van der Waals surface area contributed by atoms with Gasteiger partial charge in [-0.2, -0.15) is 0 Å². The van der Waals surface area contributed by atoms with Gasteiger partial charge in [-0.3, -0.25) is 14.4 Å². The molecule has 0 spiro atoms. The Morgan fingerprint density at radius 2 is 1.83 bits per heavy atom. The summed E-state index contributed by atoms with van der Waals surface area (Å²) in [4.78, 5) is 35.7. The zero-order chi connectivity index (χ0) is 20.8. The van der Waals surface area contributed by atoms with Crippen molar-refractivity contribution in [1.82, 2.24) is 10.6 Å². The van der Waals surface area contributed by atoms with Crippen LogP contribution in [0.25, 0.3) is 0 Å². The van der Waals surface area contributed by atoms with Crippen LogP contribution >= 0.6 is 11.6 Å². The maximum absolute atomic E-state index is 12.0. The molecular formula is C20H19ClN2O6. The first-order chi connectivity index (χ1) is 13.9. The monoisotopic (exact) mass is 418 g/mol. The van der Waals surface area contributed by atoms with E-state index in [2.05, 4.69) is 10.6 Å². The molecule has 0 fully saturated rings. The molecule has 8 nitrogen and oxygen atoms in total. The number of benzene rings is 2. The zero-order valence-electron chi connectivity index (χ0n) is 15.6. The molecule has 1 atom stereocenters. The lowest BCUT2D eigenvalue weighted by atomic mass is 10.1. The van der Waals surface area contributed by atoms with Gasteiger partial charge in [0, 0.05) is 10.6 Å². The molecule has 3 rings (SSSR count). The average Bonchev–Trinajstić information content (AvgIpc) is 3.18. The summed E-state index contributed by atoms with van der Waals surface area (Å²) >= 11 is 5.76. The van der Waals surface area contributed by atoms with Crippen LogP contribution in [0.5, 0.6) is 11.5 Å². The van der Waals surface area contributed by atoms with Crippen LogP contribution in [0, 0.1) is 0 Å². The highest BCUT2D eigenvalue weighted by molar-refractivity contribution is 6.30. The number of halogens is 1. The van der Waals surface area contributed by atoms with Crippen molar-refractivity contribution in [2.75, 3.05) is 19.9 Å². The summed E-state index contributed by atoms with van der Waals surface area (Å²) in [5.41, 5.74) is 1.18. The first kappa shape index (κ1) is 20.5. The lowest BCUT2D eigenvalue weighted by Crippen LogP contribution is -2.34. The number of rotatable bonds is 7. The molecule has 0 saturated carbocycles. The molecule has 9 heteroatoms. The second-order valence-corrected chi connectivity index (χ2v) is 6.69. The summed E-state index contributed by atoms with van der Waals surface area (Å²) in [5.74, 6) is -0.362. The normalized spacial score (nSPS) is 12.8. The number of hydrogen-bond acceptors (Lipinski definition) is 6. The van der Waals surface area contributed by atoms with Gasteiger partial charge in [0.1, 0.15) is 6.54 Å². The molecule has 0 aromatic heterocycles. The number of carbonyl (C=O) groups is 3. The minimum Gasteiger partial charge on any atom is -0.454 e. The highest BCUT2D eigenvalue weighted by Gasteiger charge is 2.17. The highest BCUT2D eigenvalue weighted by Crippen LogP contribution is 2.34. The Bertz CT molecular complexity index is 916. The summed E-state index contributed by atoms with van der Waals surface area (Å²) in [6.07, 6.45) is 0. The van der Waals surface area contributed by atoms with Gasteiger partial charge in [-0.1, -0.05) is 17.7 Å². The standard InChI is InChI=1S/C20H19ClN2O6/c1-12(14-4-7-16-17(8-14)29-11-28-16)23-18(24)10-27-19(25)9-22-20(26)13-2-5-15(21)6-3-13/h2-8,12H,9-11H2,1H3,(H,22,26)(H,23,24)/t12-/m1/s1. The van der Waals surface area contributed by atoms with E-state index in [4.69, 9.17) is 25.8 Å². The van der Waals surface area contributed by atoms with E-state index < -0.39 is 24.4 Å². The van der Waals surface area contributed by atoms with Crippen molar-refractivity contribution in [3.8, 4) is 11.5 Å². The van der Waals surface area contributed by atoms with Gasteiger partial charge in [0.15, 0.2) is 18.1 Å². The van der Waals surface area contributed by atoms with Crippen molar-refractivity contribution >= 4 is 29.4 Å². The van der Waals surface area contributed by atoms with Gasteiger partial charge in [-0.25, -0.2) is 0 Å². The lowest BCUT2D eigenvalue weighted by molar-refractivity contribution is -0.147. The Morgan fingerprint density at radius 1 is 1.10 bits per heavy atom. The van der Waals surface area contributed by atoms with Crippen LogP contribution in [0.15, 0.2) is 42.5 Å². The van der Waals surface area contributed by atoms with Crippen LogP contribution in [0.3, 0.4) is 0 Å². The molecule has 152 valence electrons. The molecule has 1 heterocycles. The van der Waals surface area contributed by atoms with Gasteiger partial charge in [-0.05, 0) is 48.9 Å². The first-order valence-electron chi connectivity index (χ1n) is 8.80. The van der Waals surface area contributed by atoms with Crippen molar-refractivity contribution in [2.45, 2.75) is 13.0 Å². The summed E-state index contributed by atoms with van der Waals surface area (Å²) in [5, 5.41) is 5.65. The number of ether oxygens (including phenoxy) is 3. The molecule has 0 saturated heterocycles. The Kier molecular flexibility index (Phi) is 6.56. The van der Waals surface area contributed by atoms with Crippen LogP contribution in [-0.2, 0) is 14.3 Å². The molecule has 0 bridgehead atoms. The SMILES string of the molecule is C[C@@H](NC(=O)COC(=O)CNC(=O)c1ccc(Cl)cc1)c1ccc2c(c1)OCO2. The first-order valence-corrected chi connectivity index (χ1v) is 9.18. The summed E-state index contributed by atoms with van der Waals surface area (Å²) in [6, 6.07) is 11.3. The van der Waals surface area contributed by atoms with Gasteiger partial charge in [-0.15, -0.1) is 0 Å². The van der Waals surface area contributed by atoms with Crippen LogP contribution in [0.4, 0.5) is 0 Å². The molecule has 2 N–H and O–H groups in total. The predicted octanol–water partition coefficient (Wildman–Crippen LogP) is 2.22. The maximum atomic E-state index is 12.0. The number of nitrogens with one attached hydrogen (secondary N) is 2. The minimum absolute atomic E-state index is 0.171. The van der Waals surface area contributed by atoms with Crippen LogP contribution in [0.2, 0.25) is 5.02 Å². The number of hydrogen-bond donors (Lipinski definition) is 2. The number of fused-ring (bicyclic) bond motifs is 1. The Hall–Kier alpha value is -3.26. The van der Waals surface area contributed by atoms with E-state index in [0.29, 0.717) is 22.1 Å². The molecule has 2 amide bonds. The molecule has 2 aromatic rings. The van der Waals surface area contributed by atoms with Crippen molar-refractivity contribution in [2.24, 2.45) is 0 Å². The van der Waals surface area contributed by atoms with E-state index in [1.165, 1.54) is 12.1 Å². The average molecular weight is 419 g/mol. The topological polar surface area (TPSA) is 103 Å². The molecular weight excluding hydrogens is 400 g/mol. The fourth-order valence-corrected chi connectivity index (χ4v) is 2.73. The van der Waals surface area contributed by atoms with Gasteiger partial charge in [0.25, 0.3) is 11.8 Å². The van der Waals surface area contributed by atoms with E-state index >= 15 is 0 Å². The van der Waals surface area contributed by atoms with E-state index in [9.17, 15) is 14.4 Å². The lowest BCUT2D eigenvalue weighted by Gasteiger charge is -2.15. The fraction of sp³-hybridized carbons (Fsp3) is 0.250. The largest absolute Gasteiger partial charge is 0.454 e. The highest BCUT2D eigenvalue weighted by atomic mass is 35.5. The van der Waals surface area contributed by atoms with E-state index in [-0.39, 0.29) is 19.4 Å². The molecule has 1 aliphatic rings. The van der Waals surface area contributed by atoms with Crippen molar-refractivity contribution in [3.63, 3.8) is 0 Å². The maximum Gasteiger partial charge on any atom is 0.325 e. The zero-order valence-corrected chi connectivity index (χ0v) is 16.3. The van der Waals surface area contributed by atoms with Gasteiger partial charge in [0.2, 0.25) is 6.79 Å². The van der Waals surface area contributed by atoms with E-state index in [0.717, 1.165) is 5.56 Å². The van der Waals surface area contributed by atoms with Crippen molar-refractivity contribution < 1.29 is 28.6 Å². The van der Waals surface area contributed by atoms with Crippen LogP contribution < -0.4 is 20.1 Å². The molecule has 0 aliphatic carbocycles. The quantitative estimate of drug-likeness (QED) is 0.668. The second kappa shape index (κ2) is 9.29. The van der Waals surface area contributed by atoms with Crippen LogP contribution in [0.1, 0.15) is 28.9 Å². The fourth-order valence-electron chi connectivity index (χ4n) is 2.60. The predicted molar refractivity (Wildman–Crippen MR) is 104 cm³/mol. The van der Waals surface area contributed by atoms with Crippen molar-refractivity contribution in [1.29, 1.82) is 0 Å². The van der Waals surface area contributed by atoms with Crippen LogP contribution in [-0.4, -0.2) is 37.7 Å². The summed E-state index contributed by atoms with van der Waals surface area (Å²) in [6.45, 7) is 1.16. The minimum atomic E-state index is -0.724. The third-order valence-electron chi connectivity index (χ3n) is 4.14. The van der Waals surface area contributed by atoms with E-state index in [1.807, 2.05) is 6.07 Å². The smallest absolute Gasteiger partial charge is 0.325 e. The Morgan fingerprint density at radius 3 is 2.59 bits per heavy atom. The molecule has 0 unspecified atom stereocenters. The third-order valence-corrected chi connectivity index (χ3v) is 4.39. The van der Waals surface area contributed by atoms with Crippen molar-refractivity contribution in [3.05, 3.63) is 58.6 Å². The number of carbonyl (C=O) groups excluding carboxylic acids is 3. The Balaban J connectivity index is 1.40. The van der Waals surface area contributed by atoms with Gasteiger partial charge < -0.3 is 24.8 Å². The molecule has 2 aromatic carbocycles. The number of amides is 2. The number of esters is 1. The Labute approximate surface area is 172 Å². The molecule has 29 heavy (non-hydrogen) atoms. The summed E-state index contributed by atoms with van der Waals surface area (Å²) < 4.78 is 15.4. The molecule has 0 radical (unpaired) electrons. The van der Waals surface area contributed by atoms with Gasteiger partial charge in [0.05, 0.1) is 6.04 Å². The summed E-state index contributed by atoms with van der Waals surface area (Å²) in [7, 11) is 0. The molecule has 1 aliphatic heterocycles. The van der Waals surface area contributed by atoms with E-state index in [1.54, 1.807) is 31.2 Å². The third kappa shape index (κ3) is 5.61. The second-order valence-electron chi connectivity index (χ2n) is 6.25.